The first kappa shape index (κ1) is 26.0. The molecule has 0 spiro atoms. The summed E-state index contributed by atoms with van der Waals surface area (Å²) in [5, 5.41) is 14.6. The zero-order valence-electron chi connectivity index (χ0n) is 21.5. The Labute approximate surface area is 218 Å². The number of hydrogen-bond donors (Lipinski definition) is 1. The van der Waals surface area contributed by atoms with Crippen molar-refractivity contribution in [3.63, 3.8) is 0 Å². The van der Waals surface area contributed by atoms with E-state index < -0.39 is 5.97 Å². The number of benzene rings is 3. The zero-order valence-corrected chi connectivity index (χ0v) is 21.5. The minimum Gasteiger partial charge on any atom is -0.494 e. The predicted octanol–water partition coefficient (Wildman–Crippen LogP) is 7.13. The third-order valence-electron chi connectivity index (χ3n) is 6.10. The molecule has 4 rings (SSSR count). The number of aryl methyl sites for hydroxylation is 2. The molecule has 0 aliphatic rings. The SMILES string of the molecule is CCCCOc1ccc(C(=O)O)cc1-c1cc(-c2cccc(OCCC)c2)n(CCc2ccccc2)n1. The first-order valence-corrected chi connectivity index (χ1v) is 12.9. The van der Waals surface area contributed by atoms with Crippen LogP contribution in [0.5, 0.6) is 11.5 Å². The third-order valence-corrected chi connectivity index (χ3v) is 6.10. The summed E-state index contributed by atoms with van der Waals surface area (Å²) in [5.74, 6) is 0.469. The number of hydrogen-bond acceptors (Lipinski definition) is 4. The summed E-state index contributed by atoms with van der Waals surface area (Å²) in [6, 6.07) is 25.3. The lowest BCUT2D eigenvalue weighted by Crippen LogP contribution is -2.06. The van der Waals surface area contributed by atoms with Gasteiger partial charge in [-0.2, -0.15) is 5.10 Å². The molecular weight excluding hydrogens is 464 g/mol. The van der Waals surface area contributed by atoms with Gasteiger partial charge in [-0.1, -0.05) is 62.7 Å². The predicted molar refractivity (Wildman–Crippen MR) is 146 cm³/mol. The van der Waals surface area contributed by atoms with E-state index in [1.165, 1.54) is 5.56 Å². The van der Waals surface area contributed by atoms with Gasteiger partial charge < -0.3 is 14.6 Å². The molecule has 0 aliphatic heterocycles. The number of unbranched alkanes of at least 4 members (excludes halogenated alkanes) is 1. The molecule has 0 saturated heterocycles. The number of carboxylic acids is 1. The minimum atomic E-state index is -0.981. The molecule has 0 bridgehead atoms. The Balaban J connectivity index is 1.76. The van der Waals surface area contributed by atoms with E-state index in [1.54, 1.807) is 18.2 Å². The Kier molecular flexibility index (Phi) is 8.98. The van der Waals surface area contributed by atoms with Gasteiger partial charge in [0.05, 0.1) is 30.2 Å². The standard InChI is InChI=1S/C31H34N2O4/c1-3-5-19-37-30-15-14-25(31(34)35)21-27(30)28-22-29(24-12-9-13-26(20-24)36-18-4-2)33(32-28)17-16-23-10-7-6-8-11-23/h6-15,20-22H,3-5,16-19H2,1-2H3,(H,34,35). The molecule has 0 atom stereocenters. The Hall–Kier alpha value is -4.06. The van der Waals surface area contributed by atoms with E-state index in [2.05, 4.69) is 26.0 Å². The second kappa shape index (κ2) is 12.8. The Morgan fingerprint density at radius 2 is 1.73 bits per heavy atom. The van der Waals surface area contributed by atoms with Crippen molar-refractivity contribution in [2.75, 3.05) is 13.2 Å². The van der Waals surface area contributed by atoms with Crippen LogP contribution in [0, 0.1) is 0 Å². The number of aromatic nitrogens is 2. The van der Waals surface area contributed by atoms with Crippen molar-refractivity contribution in [3.8, 4) is 34.0 Å². The molecule has 0 amide bonds. The summed E-state index contributed by atoms with van der Waals surface area (Å²) in [7, 11) is 0. The molecule has 0 unspecified atom stereocenters. The lowest BCUT2D eigenvalue weighted by molar-refractivity contribution is 0.0697. The van der Waals surface area contributed by atoms with E-state index in [-0.39, 0.29) is 5.56 Å². The fraction of sp³-hybridized carbons (Fsp3) is 0.290. The highest BCUT2D eigenvalue weighted by molar-refractivity contribution is 5.90. The summed E-state index contributed by atoms with van der Waals surface area (Å²) < 4.78 is 13.9. The molecule has 6 heteroatoms. The quantitative estimate of drug-likeness (QED) is 0.199. The molecule has 1 aromatic heterocycles. The largest absolute Gasteiger partial charge is 0.494 e. The zero-order chi connectivity index (χ0) is 26.0. The van der Waals surface area contributed by atoms with Gasteiger partial charge >= 0.3 is 5.97 Å². The van der Waals surface area contributed by atoms with Gasteiger partial charge in [0, 0.05) is 17.7 Å². The van der Waals surface area contributed by atoms with E-state index >= 15 is 0 Å². The third kappa shape index (κ3) is 6.79. The van der Waals surface area contributed by atoms with Crippen LogP contribution in [0.2, 0.25) is 0 Å². The maximum Gasteiger partial charge on any atom is 0.335 e. The molecule has 0 fully saturated rings. The fourth-order valence-corrected chi connectivity index (χ4v) is 4.11. The van der Waals surface area contributed by atoms with Crippen molar-refractivity contribution < 1.29 is 19.4 Å². The van der Waals surface area contributed by atoms with E-state index in [0.29, 0.717) is 36.8 Å². The van der Waals surface area contributed by atoms with E-state index in [9.17, 15) is 9.90 Å². The molecule has 3 aromatic carbocycles. The summed E-state index contributed by atoms with van der Waals surface area (Å²) >= 11 is 0. The topological polar surface area (TPSA) is 73.6 Å². The average molecular weight is 499 g/mol. The highest BCUT2D eigenvalue weighted by atomic mass is 16.5. The number of nitrogens with zero attached hydrogens (tertiary/aromatic N) is 2. The first-order valence-electron chi connectivity index (χ1n) is 12.9. The highest BCUT2D eigenvalue weighted by Crippen LogP contribution is 2.34. The Morgan fingerprint density at radius 3 is 2.49 bits per heavy atom. The van der Waals surface area contributed by atoms with Gasteiger partial charge in [0.1, 0.15) is 11.5 Å². The van der Waals surface area contributed by atoms with Crippen molar-refractivity contribution in [2.45, 2.75) is 46.1 Å². The molecule has 1 N–H and O–H groups in total. The molecule has 4 aromatic rings. The number of carboxylic acid groups (broad SMARTS) is 1. The molecule has 192 valence electrons. The molecule has 1 heterocycles. The Morgan fingerprint density at radius 1 is 0.892 bits per heavy atom. The van der Waals surface area contributed by atoms with Crippen LogP contribution in [0.25, 0.3) is 22.5 Å². The maximum atomic E-state index is 11.8. The van der Waals surface area contributed by atoms with E-state index in [0.717, 1.165) is 42.7 Å². The van der Waals surface area contributed by atoms with Gasteiger partial charge in [-0.05, 0) is 61.2 Å². The maximum absolute atomic E-state index is 11.8. The van der Waals surface area contributed by atoms with Crippen LogP contribution >= 0.6 is 0 Å². The summed E-state index contributed by atoms with van der Waals surface area (Å²) in [5.41, 5.74) is 4.71. The van der Waals surface area contributed by atoms with Gasteiger partial charge in [-0.15, -0.1) is 0 Å². The van der Waals surface area contributed by atoms with Crippen LogP contribution in [0.4, 0.5) is 0 Å². The second-order valence-corrected chi connectivity index (χ2v) is 8.97. The van der Waals surface area contributed by atoms with E-state index in [4.69, 9.17) is 14.6 Å². The van der Waals surface area contributed by atoms with Crippen LogP contribution in [0.15, 0.2) is 78.9 Å². The number of rotatable bonds is 13. The van der Waals surface area contributed by atoms with Crippen molar-refractivity contribution in [1.82, 2.24) is 9.78 Å². The summed E-state index contributed by atoms with van der Waals surface area (Å²) in [6.07, 6.45) is 3.68. The normalized spacial score (nSPS) is 10.9. The lowest BCUT2D eigenvalue weighted by atomic mass is 10.0. The van der Waals surface area contributed by atoms with Crippen molar-refractivity contribution in [2.24, 2.45) is 0 Å². The molecular formula is C31H34N2O4. The van der Waals surface area contributed by atoms with Gasteiger partial charge in [0.15, 0.2) is 0 Å². The van der Waals surface area contributed by atoms with Crippen molar-refractivity contribution >= 4 is 5.97 Å². The van der Waals surface area contributed by atoms with Crippen LogP contribution in [-0.2, 0) is 13.0 Å². The average Bonchev–Trinajstić information content (AvgIpc) is 3.36. The Bertz CT molecular complexity index is 1310. The number of ether oxygens (including phenoxy) is 2. The first-order chi connectivity index (χ1) is 18.1. The van der Waals surface area contributed by atoms with Crippen molar-refractivity contribution in [3.05, 3.63) is 90.0 Å². The van der Waals surface area contributed by atoms with Crippen molar-refractivity contribution in [1.29, 1.82) is 0 Å². The van der Waals surface area contributed by atoms with Crippen LogP contribution < -0.4 is 9.47 Å². The van der Waals surface area contributed by atoms with Gasteiger partial charge in [-0.25, -0.2) is 4.79 Å². The minimum absolute atomic E-state index is 0.202. The summed E-state index contributed by atoms with van der Waals surface area (Å²) in [4.78, 5) is 11.8. The second-order valence-electron chi connectivity index (χ2n) is 8.97. The van der Waals surface area contributed by atoms with Gasteiger partial charge in [-0.3, -0.25) is 4.68 Å². The van der Waals surface area contributed by atoms with Crippen LogP contribution in [0.3, 0.4) is 0 Å². The van der Waals surface area contributed by atoms with E-state index in [1.807, 2.05) is 53.2 Å². The number of carbonyl (C=O) groups is 1. The summed E-state index contributed by atoms with van der Waals surface area (Å²) in [6.45, 7) is 6.08. The van der Waals surface area contributed by atoms with Crippen LogP contribution in [-0.4, -0.2) is 34.1 Å². The van der Waals surface area contributed by atoms with Gasteiger partial charge in [0.2, 0.25) is 0 Å². The van der Waals surface area contributed by atoms with Crippen LogP contribution in [0.1, 0.15) is 49.0 Å². The monoisotopic (exact) mass is 498 g/mol. The molecule has 0 radical (unpaired) electrons. The fourth-order valence-electron chi connectivity index (χ4n) is 4.11. The highest BCUT2D eigenvalue weighted by Gasteiger charge is 2.18. The molecule has 6 nitrogen and oxygen atoms in total. The molecule has 0 saturated carbocycles. The molecule has 0 aliphatic carbocycles. The number of aromatic carboxylic acids is 1. The smallest absolute Gasteiger partial charge is 0.335 e. The lowest BCUT2D eigenvalue weighted by Gasteiger charge is -2.11. The van der Waals surface area contributed by atoms with Gasteiger partial charge in [0.25, 0.3) is 0 Å². The molecule has 37 heavy (non-hydrogen) atoms.